The van der Waals surface area contributed by atoms with Crippen LogP contribution in [0.1, 0.15) is 35.2 Å². The summed E-state index contributed by atoms with van der Waals surface area (Å²) in [5.74, 6) is 0.265. The monoisotopic (exact) mass is 635 g/mol. The Morgan fingerprint density at radius 3 is 2.59 bits per heavy atom. The highest BCUT2D eigenvalue weighted by atomic mass is 19.4. The molecule has 46 heavy (non-hydrogen) atoms. The second-order valence-electron chi connectivity index (χ2n) is 12.4. The largest absolute Gasteiger partial charge is 0.507 e. The van der Waals surface area contributed by atoms with Gasteiger partial charge in [0.25, 0.3) is 5.91 Å². The lowest BCUT2D eigenvalue weighted by atomic mass is 9.97. The summed E-state index contributed by atoms with van der Waals surface area (Å²) in [6, 6.07) is 13.8. The van der Waals surface area contributed by atoms with Gasteiger partial charge in [-0.1, -0.05) is 24.3 Å². The molecule has 1 saturated heterocycles. The molecule has 1 aliphatic heterocycles. The molecule has 2 fully saturated rings. The van der Waals surface area contributed by atoms with Crippen LogP contribution in [-0.4, -0.2) is 62.4 Å². The van der Waals surface area contributed by atoms with Gasteiger partial charge in [-0.25, -0.2) is 9.37 Å². The van der Waals surface area contributed by atoms with E-state index in [1.165, 1.54) is 24.1 Å². The van der Waals surface area contributed by atoms with E-state index in [1.807, 2.05) is 17.7 Å². The smallest absolute Gasteiger partial charge is 0.420 e. The van der Waals surface area contributed by atoms with Crippen molar-refractivity contribution in [1.82, 2.24) is 19.0 Å². The molecule has 0 spiro atoms. The van der Waals surface area contributed by atoms with E-state index in [4.69, 9.17) is 15.5 Å². The van der Waals surface area contributed by atoms with Crippen molar-refractivity contribution in [2.45, 2.75) is 44.2 Å². The number of amides is 1. The molecule has 3 aromatic carbocycles. The normalized spacial score (nSPS) is 18.9. The summed E-state index contributed by atoms with van der Waals surface area (Å²) in [6.07, 6.45) is -3.63. The summed E-state index contributed by atoms with van der Waals surface area (Å²) in [5.41, 5.74) is 8.13. The molecule has 1 amide bonds. The van der Waals surface area contributed by atoms with Crippen LogP contribution >= 0.6 is 0 Å². The van der Waals surface area contributed by atoms with Crippen LogP contribution in [0.2, 0.25) is 0 Å². The van der Waals surface area contributed by atoms with Crippen molar-refractivity contribution >= 4 is 27.8 Å². The molecule has 12 heteroatoms. The SMILES string of the molecule is COc1cc(C(=O)N2C[C@H](N)C[C@@H](F)C2)cc2nc(-c3cc4ccc(-c5cccc(O)c5C(F)(F)F)cc4n3CC3CC3)n(C)c12. The molecule has 1 saturated carbocycles. The van der Waals surface area contributed by atoms with Crippen LogP contribution in [0, 0.1) is 5.92 Å². The van der Waals surface area contributed by atoms with Crippen molar-refractivity contribution in [3.05, 3.63) is 65.7 Å². The first-order valence-corrected chi connectivity index (χ1v) is 15.2. The molecule has 240 valence electrons. The number of phenols is 1. The number of phenolic OH excluding ortho intramolecular Hbond substituents is 1. The number of carbonyl (C=O) groups is 1. The number of likely N-dealkylation sites (tertiary alicyclic amines) is 1. The van der Waals surface area contributed by atoms with Gasteiger partial charge >= 0.3 is 6.18 Å². The third kappa shape index (κ3) is 5.24. The van der Waals surface area contributed by atoms with E-state index >= 15 is 0 Å². The van der Waals surface area contributed by atoms with Crippen molar-refractivity contribution in [3.8, 4) is 34.1 Å². The van der Waals surface area contributed by atoms with E-state index in [2.05, 4.69) is 4.57 Å². The first-order chi connectivity index (χ1) is 21.9. The lowest BCUT2D eigenvalue weighted by molar-refractivity contribution is -0.138. The van der Waals surface area contributed by atoms with Gasteiger partial charge in [-0.3, -0.25) is 4.79 Å². The summed E-state index contributed by atoms with van der Waals surface area (Å²) < 4.78 is 65.9. The zero-order valence-corrected chi connectivity index (χ0v) is 25.3. The number of fused-ring (bicyclic) bond motifs is 2. The van der Waals surface area contributed by atoms with Gasteiger partial charge in [0, 0.05) is 42.6 Å². The standard InChI is InChI=1S/C34H33F4N5O3/c1-41-31-25(10-21(13-29(31)46-2)33(45)42-16-22(35)14-23(39)17-42)40-32(41)27-12-20-9-8-19(11-26(20)43(27)15-18-6-7-18)24-4-3-5-28(44)30(24)34(36,37)38/h3-5,8-13,18,22-23,44H,6-7,14-17,39H2,1-2H3/t22-,23-/m1/s1. The number of nitrogens with two attached hydrogens (primary N) is 1. The van der Waals surface area contributed by atoms with Crippen molar-refractivity contribution < 1.29 is 32.2 Å². The molecule has 3 N–H and O–H groups in total. The van der Waals surface area contributed by atoms with E-state index in [1.54, 1.807) is 30.3 Å². The summed E-state index contributed by atoms with van der Waals surface area (Å²) in [7, 11) is 3.35. The van der Waals surface area contributed by atoms with Crippen LogP contribution in [0.25, 0.3) is 44.6 Å². The predicted molar refractivity (Wildman–Crippen MR) is 166 cm³/mol. The highest BCUT2D eigenvalue weighted by Gasteiger charge is 2.37. The van der Waals surface area contributed by atoms with Crippen LogP contribution in [-0.2, 0) is 19.8 Å². The molecule has 2 atom stereocenters. The number of hydrogen-bond donors (Lipinski definition) is 2. The zero-order chi connectivity index (χ0) is 32.5. The molecular formula is C34H33F4N5O3. The molecule has 2 aromatic heterocycles. The number of piperidine rings is 1. The number of aromatic hydroxyl groups is 1. The fraction of sp³-hybridized carbons (Fsp3) is 0.353. The van der Waals surface area contributed by atoms with Crippen LogP contribution in [0.3, 0.4) is 0 Å². The third-order valence-electron chi connectivity index (χ3n) is 9.03. The maximum atomic E-state index is 14.3. The van der Waals surface area contributed by atoms with Gasteiger partial charge in [0.05, 0.1) is 24.9 Å². The minimum atomic E-state index is -4.74. The van der Waals surface area contributed by atoms with Gasteiger partial charge in [0.15, 0.2) is 5.82 Å². The Hall–Kier alpha value is -4.58. The second-order valence-corrected chi connectivity index (χ2v) is 12.4. The molecule has 8 nitrogen and oxygen atoms in total. The lowest BCUT2D eigenvalue weighted by Crippen LogP contribution is -2.50. The average molecular weight is 636 g/mol. The Morgan fingerprint density at radius 1 is 1.11 bits per heavy atom. The molecule has 0 unspecified atom stereocenters. The summed E-state index contributed by atoms with van der Waals surface area (Å²) in [6.45, 7) is 0.873. The predicted octanol–water partition coefficient (Wildman–Crippen LogP) is 6.52. The lowest BCUT2D eigenvalue weighted by Gasteiger charge is -2.33. The van der Waals surface area contributed by atoms with Crippen molar-refractivity contribution in [2.75, 3.05) is 20.2 Å². The fourth-order valence-electron chi connectivity index (χ4n) is 6.68. The Kier molecular flexibility index (Phi) is 7.22. The molecule has 1 aliphatic carbocycles. The molecule has 2 aliphatic rings. The quantitative estimate of drug-likeness (QED) is 0.207. The number of rotatable bonds is 6. The molecule has 5 aromatic rings. The Morgan fingerprint density at radius 2 is 1.89 bits per heavy atom. The number of alkyl halides is 4. The van der Waals surface area contributed by atoms with Gasteiger partial charge in [-0.15, -0.1) is 0 Å². The van der Waals surface area contributed by atoms with Gasteiger partial charge in [0.1, 0.15) is 28.8 Å². The molecule has 3 heterocycles. The maximum absolute atomic E-state index is 14.3. The Balaban J connectivity index is 1.36. The van der Waals surface area contributed by atoms with Gasteiger partial charge < -0.3 is 29.6 Å². The van der Waals surface area contributed by atoms with Crippen molar-refractivity contribution in [3.63, 3.8) is 0 Å². The zero-order valence-electron chi connectivity index (χ0n) is 25.3. The molecule has 0 bridgehead atoms. The van der Waals surface area contributed by atoms with Gasteiger partial charge in [-0.2, -0.15) is 13.2 Å². The van der Waals surface area contributed by atoms with Crippen LogP contribution in [0.4, 0.5) is 17.6 Å². The Bertz CT molecular complexity index is 1980. The number of benzene rings is 3. The molecule has 0 radical (unpaired) electrons. The number of methoxy groups -OCH3 is 1. The highest BCUT2D eigenvalue weighted by Crippen LogP contribution is 2.44. The van der Waals surface area contributed by atoms with E-state index in [9.17, 15) is 27.5 Å². The second kappa shape index (κ2) is 11.0. The highest BCUT2D eigenvalue weighted by molar-refractivity contribution is 6.00. The van der Waals surface area contributed by atoms with E-state index < -0.39 is 29.7 Å². The minimum absolute atomic E-state index is 0.0311. The molecule has 7 rings (SSSR count). The summed E-state index contributed by atoms with van der Waals surface area (Å²) in [4.78, 5) is 19.8. The number of aromatic nitrogens is 3. The fourth-order valence-corrected chi connectivity index (χ4v) is 6.68. The first-order valence-electron chi connectivity index (χ1n) is 15.2. The van der Waals surface area contributed by atoms with Crippen LogP contribution in [0.15, 0.2) is 54.6 Å². The molecular weight excluding hydrogens is 602 g/mol. The van der Waals surface area contributed by atoms with Crippen molar-refractivity contribution in [1.29, 1.82) is 0 Å². The number of halogens is 4. The number of imidazole rings is 1. The number of nitrogens with zero attached hydrogens (tertiary/aromatic N) is 4. The van der Waals surface area contributed by atoms with Gasteiger partial charge in [0.2, 0.25) is 0 Å². The third-order valence-corrected chi connectivity index (χ3v) is 9.03. The van der Waals surface area contributed by atoms with E-state index in [-0.39, 0.29) is 31.0 Å². The summed E-state index contributed by atoms with van der Waals surface area (Å²) in [5, 5.41) is 11.0. The number of aryl methyl sites for hydroxylation is 1. The van der Waals surface area contributed by atoms with E-state index in [0.29, 0.717) is 46.2 Å². The van der Waals surface area contributed by atoms with Gasteiger partial charge in [-0.05, 0) is 66.6 Å². The average Bonchev–Trinajstić information content (AvgIpc) is 3.68. The topological polar surface area (TPSA) is 98.5 Å². The number of hydrogen-bond acceptors (Lipinski definition) is 5. The minimum Gasteiger partial charge on any atom is -0.507 e. The summed E-state index contributed by atoms with van der Waals surface area (Å²) >= 11 is 0. The number of ether oxygens (including phenoxy) is 1. The first kappa shape index (κ1) is 30.1. The van der Waals surface area contributed by atoms with Crippen LogP contribution in [0.5, 0.6) is 11.5 Å². The maximum Gasteiger partial charge on any atom is 0.420 e. The number of carbonyl (C=O) groups excluding carboxylic acids is 1. The van der Waals surface area contributed by atoms with Crippen LogP contribution < -0.4 is 10.5 Å². The van der Waals surface area contributed by atoms with E-state index in [0.717, 1.165) is 35.5 Å². The van der Waals surface area contributed by atoms with Crippen molar-refractivity contribution in [2.24, 2.45) is 18.7 Å². The Labute approximate surface area is 262 Å².